The third-order valence-electron chi connectivity index (χ3n) is 1.76. The minimum Gasteiger partial charge on any atom is -0.432 e. The summed E-state index contributed by atoms with van der Waals surface area (Å²) < 4.78 is 26.1. The molecule has 0 aromatic heterocycles. The van der Waals surface area contributed by atoms with Crippen LogP contribution >= 0.6 is 7.82 Å². The Hall–Kier alpha value is 0.287. The van der Waals surface area contributed by atoms with E-state index in [0.717, 1.165) is 6.04 Å². The van der Waals surface area contributed by atoms with Gasteiger partial charge in [0.15, 0.2) is 8.32 Å². The molecule has 0 amide bonds. The molecule has 7 heteroatoms. The van der Waals surface area contributed by atoms with E-state index in [1.807, 2.05) is 13.1 Å². The zero-order chi connectivity index (χ0) is 10.7. The van der Waals surface area contributed by atoms with Crippen LogP contribution < -0.4 is 0 Å². The van der Waals surface area contributed by atoms with Crippen molar-refractivity contribution in [3.05, 3.63) is 0 Å². The zero-order valence-electron chi connectivity index (χ0n) is 8.56. The van der Waals surface area contributed by atoms with Gasteiger partial charge in [-0.15, -0.1) is 0 Å². The number of rotatable bonds is 5. The second-order valence-corrected chi connectivity index (χ2v) is 9.66. The van der Waals surface area contributed by atoms with Crippen LogP contribution in [0.5, 0.6) is 0 Å². The first-order valence-corrected chi connectivity index (χ1v) is 9.29. The normalized spacial score (nSPS) is 21.4. The predicted molar refractivity (Wildman–Crippen MR) is 54.6 cm³/mol. The Labute approximate surface area is 85.1 Å². The quantitative estimate of drug-likeness (QED) is 0.450. The Bertz CT molecular complexity index is 217. The Kier molecular flexibility index (Phi) is 4.30. The average molecular weight is 240 g/mol. The van der Waals surface area contributed by atoms with Gasteiger partial charge in [0.05, 0.1) is 19.8 Å². The number of hydrogen-bond acceptors (Lipinski definition) is 5. The summed E-state index contributed by atoms with van der Waals surface area (Å²) in [6.07, 6.45) is 0.687. The van der Waals surface area contributed by atoms with Gasteiger partial charge < -0.3 is 4.80 Å². The fourth-order valence-electron chi connectivity index (χ4n) is 1.09. The van der Waals surface area contributed by atoms with Crippen LogP contribution in [0.15, 0.2) is 0 Å². The smallest absolute Gasteiger partial charge is 0.432 e. The summed E-state index contributed by atoms with van der Waals surface area (Å²) in [5.41, 5.74) is 0. The van der Waals surface area contributed by atoms with Crippen molar-refractivity contribution in [2.75, 3.05) is 19.8 Å². The van der Waals surface area contributed by atoms with Crippen molar-refractivity contribution in [1.82, 2.24) is 0 Å². The molecular formula is C7H17O5PSi. The summed E-state index contributed by atoms with van der Waals surface area (Å²) in [6, 6.07) is 0.729. The lowest BCUT2D eigenvalue weighted by atomic mass is 10.5. The van der Waals surface area contributed by atoms with Crippen molar-refractivity contribution in [1.29, 1.82) is 0 Å². The summed E-state index contributed by atoms with van der Waals surface area (Å²) in [5, 5.41) is 0. The van der Waals surface area contributed by atoms with Crippen LogP contribution in [0.4, 0.5) is 0 Å². The van der Waals surface area contributed by atoms with Crippen molar-refractivity contribution < 1.29 is 22.9 Å². The molecule has 84 valence electrons. The van der Waals surface area contributed by atoms with E-state index >= 15 is 0 Å². The van der Waals surface area contributed by atoms with Crippen molar-refractivity contribution in [2.24, 2.45) is 0 Å². The van der Waals surface area contributed by atoms with E-state index in [1.165, 1.54) is 0 Å². The van der Waals surface area contributed by atoms with E-state index in [2.05, 4.69) is 0 Å². The van der Waals surface area contributed by atoms with Crippen LogP contribution in [0.1, 0.15) is 6.42 Å². The molecule has 1 aliphatic rings. The Morgan fingerprint density at radius 3 is 2.50 bits per heavy atom. The Morgan fingerprint density at radius 1 is 1.43 bits per heavy atom. The Balaban J connectivity index is 2.12. The molecule has 0 unspecified atom stereocenters. The Morgan fingerprint density at radius 2 is 2.00 bits per heavy atom. The molecule has 0 atom stereocenters. The highest BCUT2D eigenvalue weighted by atomic mass is 31.2. The molecule has 0 bridgehead atoms. The van der Waals surface area contributed by atoms with Crippen LogP contribution in [-0.2, 0) is 18.1 Å². The van der Waals surface area contributed by atoms with E-state index in [4.69, 9.17) is 13.6 Å². The number of phosphoric acid groups is 1. The third-order valence-corrected chi connectivity index (χ3v) is 4.84. The summed E-state index contributed by atoms with van der Waals surface area (Å²) >= 11 is 0. The first-order chi connectivity index (χ1) is 6.41. The monoisotopic (exact) mass is 240 g/mol. The van der Waals surface area contributed by atoms with Gasteiger partial charge in [0.2, 0.25) is 0 Å². The van der Waals surface area contributed by atoms with Gasteiger partial charge >= 0.3 is 7.82 Å². The molecule has 0 saturated carbocycles. The average Bonchev–Trinajstić information content (AvgIpc) is 2.45. The summed E-state index contributed by atoms with van der Waals surface area (Å²) in [6.45, 7) is 4.69. The summed E-state index contributed by atoms with van der Waals surface area (Å²) in [7, 11) is -5.23. The maximum Gasteiger partial charge on any atom is 0.474 e. The molecule has 1 aliphatic heterocycles. The van der Waals surface area contributed by atoms with E-state index < -0.39 is 16.1 Å². The fraction of sp³-hybridized carbons (Fsp3) is 1.00. The topological polar surface area (TPSA) is 65.0 Å². The van der Waals surface area contributed by atoms with E-state index in [9.17, 15) is 9.36 Å². The van der Waals surface area contributed by atoms with Crippen molar-refractivity contribution in [2.45, 2.75) is 25.6 Å². The summed E-state index contributed by atoms with van der Waals surface area (Å²) in [4.78, 5) is 9.53. The first-order valence-electron chi connectivity index (χ1n) is 4.67. The SMILES string of the molecule is C[Si](C)(O)CCCOP1(=O)OCCO1. The number of hydrogen-bond donors (Lipinski definition) is 1. The largest absolute Gasteiger partial charge is 0.474 e. The molecule has 1 rings (SSSR count). The van der Waals surface area contributed by atoms with Gasteiger partial charge in [0.1, 0.15) is 0 Å². The third kappa shape index (κ3) is 4.68. The molecule has 0 radical (unpaired) electrons. The van der Waals surface area contributed by atoms with Gasteiger partial charge in [-0.1, -0.05) is 0 Å². The van der Waals surface area contributed by atoms with Gasteiger partial charge in [-0.3, -0.25) is 13.6 Å². The van der Waals surface area contributed by atoms with Crippen LogP contribution in [-0.4, -0.2) is 32.9 Å². The van der Waals surface area contributed by atoms with Crippen LogP contribution in [0, 0.1) is 0 Å². The summed E-state index contributed by atoms with van der Waals surface area (Å²) in [5.74, 6) is 0. The molecule has 0 aromatic rings. The van der Waals surface area contributed by atoms with Gasteiger partial charge in [-0.05, 0) is 25.6 Å². The molecule has 1 fully saturated rings. The van der Waals surface area contributed by atoms with Crippen LogP contribution in [0.2, 0.25) is 19.1 Å². The molecular weight excluding hydrogens is 223 g/mol. The van der Waals surface area contributed by atoms with Gasteiger partial charge in [0.25, 0.3) is 0 Å². The van der Waals surface area contributed by atoms with Gasteiger partial charge in [-0.2, -0.15) is 0 Å². The lowest BCUT2D eigenvalue weighted by Crippen LogP contribution is -2.24. The predicted octanol–water partition coefficient (Wildman–Crippen LogP) is 1.75. The molecule has 5 nitrogen and oxygen atoms in total. The highest BCUT2D eigenvalue weighted by Gasteiger charge is 2.31. The molecule has 14 heavy (non-hydrogen) atoms. The zero-order valence-corrected chi connectivity index (χ0v) is 10.5. The van der Waals surface area contributed by atoms with E-state index in [0.29, 0.717) is 26.2 Å². The molecule has 1 saturated heterocycles. The van der Waals surface area contributed by atoms with Crippen LogP contribution in [0.25, 0.3) is 0 Å². The highest BCUT2D eigenvalue weighted by molar-refractivity contribution is 7.48. The molecule has 0 spiro atoms. The molecule has 1 heterocycles. The van der Waals surface area contributed by atoms with Crippen molar-refractivity contribution in [3.8, 4) is 0 Å². The first kappa shape index (κ1) is 12.4. The molecule has 1 N–H and O–H groups in total. The van der Waals surface area contributed by atoms with Crippen molar-refractivity contribution in [3.63, 3.8) is 0 Å². The maximum atomic E-state index is 11.4. The number of phosphoric ester groups is 1. The molecule has 0 aromatic carbocycles. The highest BCUT2D eigenvalue weighted by Crippen LogP contribution is 2.52. The standard InChI is InChI=1S/C7H17O5PSi/c1-14(2,9)7-3-4-10-13(8)11-5-6-12-13/h9H,3-7H2,1-2H3. The minimum atomic E-state index is -3.22. The second kappa shape index (κ2) is 4.87. The van der Waals surface area contributed by atoms with Gasteiger partial charge in [0, 0.05) is 0 Å². The van der Waals surface area contributed by atoms with Gasteiger partial charge in [-0.25, -0.2) is 4.57 Å². The lowest BCUT2D eigenvalue weighted by molar-refractivity contribution is 0.190. The minimum absolute atomic E-state index is 0.314. The van der Waals surface area contributed by atoms with Crippen molar-refractivity contribution >= 4 is 16.1 Å². The fourth-order valence-corrected chi connectivity index (χ4v) is 3.27. The van der Waals surface area contributed by atoms with E-state index in [1.54, 1.807) is 0 Å². The van der Waals surface area contributed by atoms with E-state index in [-0.39, 0.29) is 0 Å². The molecule has 0 aliphatic carbocycles. The maximum absolute atomic E-state index is 11.4. The second-order valence-electron chi connectivity index (χ2n) is 3.86. The lowest BCUT2D eigenvalue weighted by Gasteiger charge is -2.14. The van der Waals surface area contributed by atoms with Crippen LogP contribution in [0.3, 0.4) is 0 Å².